The van der Waals surface area contributed by atoms with Gasteiger partial charge in [0.2, 0.25) is 0 Å². The minimum Gasteiger partial charge on any atom is -0.466 e. The molecular formula is C13H17ClO2. The molecule has 0 amide bonds. The lowest BCUT2D eigenvalue weighted by Gasteiger charge is -2.12. The summed E-state index contributed by atoms with van der Waals surface area (Å²) >= 11 is 6.10. The molecule has 1 aromatic rings. The first kappa shape index (κ1) is 13.0. The Kier molecular flexibility index (Phi) is 4.81. The van der Waals surface area contributed by atoms with Crippen LogP contribution in [0.1, 0.15) is 37.8 Å². The van der Waals surface area contributed by atoms with Gasteiger partial charge in [-0.25, -0.2) is 0 Å². The fourth-order valence-corrected chi connectivity index (χ4v) is 1.85. The van der Waals surface area contributed by atoms with Gasteiger partial charge in [-0.05, 0) is 37.5 Å². The fraction of sp³-hybridized carbons (Fsp3) is 0.462. The van der Waals surface area contributed by atoms with Crippen molar-refractivity contribution in [1.29, 1.82) is 0 Å². The first-order valence-corrected chi connectivity index (χ1v) is 5.92. The summed E-state index contributed by atoms with van der Waals surface area (Å²) in [7, 11) is 0. The van der Waals surface area contributed by atoms with E-state index in [2.05, 4.69) is 6.92 Å². The quantitative estimate of drug-likeness (QED) is 0.752. The third-order valence-electron chi connectivity index (χ3n) is 2.60. The van der Waals surface area contributed by atoms with E-state index >= 15 is 0 Å². The Morgan fingerprint density at radius 2 is 2.12 bits per heavy atom. The van der Waals surface area contributed by atoms with Gasteiger partial charge in [-0.1, -0.05) is 30.7 Å². The molecule has 0 saturated heterocycles. The van der Waals surface area contributed by atoms with Crippen LogP contribution in [-0.2, 0) is 16.0 Å². The molecule has 1 unspecified atom stereocenters. The second-order valence-electron chi connectivity index (χ2n) is 3.68. The molecule has 0 aliphatic heterocycles. The maximum Gasteiger partial charge on any atom is 0.313 e. The average molecular weight is 241 g/mol. The third kappa shape index (κ3) is 2.99. The highest BCUT2D eigenvalue weighted by molar-refractivity contribution is 6.31. The molecule has 1 aromatic carbocycles. The van der Waals surface area contributed by atoms with E-state index in [1.54, 1.807) is 6.92 Å². The number of halogens is 1. The molecule has 1 rings (SSSR count). The summed E-state index contributed by atoms with van der Waals surface area (Å²) < 4.78 is 4.97. The molecule has 0 radical (unpaired) electrons. The normalized spacial score (nSPS) is 12.2. The lowest BCUT2D eigenvalue weighted by atomic mass is 9.99. The van der Waals surface area contributed by atoms with Crippen molar-refractivity contribution in [2.75, 3.05) is 6.61 Å². The molecule has 2 nitrogen and oxygen atoms in total. The summed E-state index contributed by atoms with van der Waals surface area (Å²) in [5, 5.41) is 0.719. The highest BCUT2D eigenvalue weighted by atomic mass is 35.5. The Morgan fingerprint density at radius 3 is 2.62 bits per heavy atom. The van der Waals surface area contributed by atoms with Crippen LogP contribution in [0.3, 0.4) is 0 Å². The van der Waals surface area contributed by atoms with Crippen LogP contribution in [0.4, 0.5) is 0 Å². The summed E-state index contributed by atoms with van der Waals surface area (Å²) in [6.45, 7) is 6.09. The van der Waals surface area contributed by atoms with Crippen molar-refractivity contribution >= 4 is 17.6 Å². The van der Waals surface area contributed by atoms with Crippen molar-refractivity contribution < 1.29 is 9.53 Å². The SMILES string of the molecule is CCOC(=O)C(C)c1ccc(CC)c(Cl)c1. The van der Waals surface area contributed by atoms with Gasteiger partial charge in [-0.3, -0.25) is 4.79 Å². The molecule has 0 aliphatic carbocycles. The highest BCUT2D eigenvalue weighted by Gasteiger charge is 2.16. The summed E-state index contributed by atoms with van der Waals surface area (Å²) in [6, 6.07) is 5.75. The van der Waals surface area contributed by atoms with Gasteiger partial charge in [0.05, 0.1) is 12.5 Å². The van der Waals surface area contributed by atoms with E-state index in [9.17, 15) is 4.79 Å². The topological polar surface area (TPSA) is 26.3 Å². The predicted octanol–water partition coefficient (Wildman–Crippen LogP) is 3.57. The van der Waals surface area contributed by atoms with Crippen LogP contribution in [-0.4, -0.2) is 12.6 Å². The number of rotatable bonds is 4. The molecular weight excluding hydrogens is 224 g/mol. The average Bonchev–Trinajstić information content (AvgIpc) is 2.28. The van der Waals surface area contributed by atoms with Crippen molar-refractivity contribution in [3.63, 3.8) is 0 Å². The minimum atomic E-state index is -0.261. The van der Waals surface area contributed by atoms with Gasteiger partial charge in [0.1, 0.15) is 0 Å². The molecule has 0 aromatic heterocycles. The third-order valence-corrected chi connectivity index (χ3v) is 2.95. The maximum atomic E-state index is 11.5. The zero-order chi connectivity index (χ0) is 12.1. The number of ether oxygens (including phenoxy) is 1. The van der Waals surface area contributed by atoms with E-state index in [4.69, 9.17) is 16.3 Å². The van der Waals surface area contributed by atoms with Crippen molar-refractivity contribution in [2.24, 2.45) is 0 Å². The van der Waals surface area contributed by atoms with E-state index in [-0.39, 0.29) is 11.9 Å². The van der Waals surface area contributed by atoms with E-state index in [1.165, 1.54) is 0 Å². The van der Waals surface area contributed by atoms with Gasteiger partial charge in [-0.2, -0.15) is 0 Å². The van der Waals surface area contributed by atoms with E-state index in [1.807, 2.05) is 25.1 Å². The Morgan fingerprint density at radius 1 is 1.44 bits per heavy atom. The van der Waals surface area contributed by atoms with Crippen LogP contribution in [0.15, 0.2) is 18.2 Å². The largest absolute Gasteiger partial charge is 0.466 e. The number of hydrogen-bond acceptors (Lipinski definition) is 2. The molecule has 0 spiro atoms. The minimum absolute atomic E-state index is 0.206. The van der Waals surface area contributed by atoms with Crippen molar-refractivity contribution in [1.82, 2.24) is 0 Å². The highest BCUT2D eigenvalue weighted by Crippen LogP contribution is 2.24. The zero-order valence-corrected chi connectivity index (χ0v) is 10.7. The van der Waals surface area contributed by atoms with Crippen LogP contribution >= 0.6 is 11.6 Å². The van der Waals surface area contributed by atoms with Crippen LogP contribution in [0.2, 0.25) is 5.02 Å². The molecule has 3 heteroatoms. The van der Waals surface area contributed by atoms with Crippen LogP contribution in [0.25, 0.3) is 0 Å². The molecule has 88 valence electrons. The number of esters is 1. The summed E-state index contributed by atoms with van der Waals surface area (Å²) in [5.41, 5.74) is 2.00. The van der Waals surface area contributed by atoms with E-state index < -0.39 is 0 Å². The summed E-state index contributed by atoms with van der Waals surface area (Å²) in [4.78, 5) is 11.5. The van der Waals surface area contributed by atoms with Crippen LogP contribution in [0.5, 0.6) is 0 Å². The molecule has 0 fully saturated rings. The fourth-order valence-electron chi connectivity index (χ4n) is 1.52. The Hall–Kier alpha value is -1.02. The standard InChI is InChI=1S/C13H17ClO2/c1-4-10-6-7-11(8-12(10)14)9(3)13(15)16-5-2/h6-9H,4-5H2,1-3H3. The lowest BCUT2D eigenvalue weighted by molar-refractivity contribution is -0.144. The van der Waals surface area contributed by atoms with Crippen molar-refractivity contribution in [3.05, 3.63) is 34.3 Å². The van der Waals surface area contributed by atoms with Crippen molar-refractivity contribution in [2.45, 2.75) is 33.1 Å². The molecule has 0 aliphatic rings. The number of benzene rings is 1. The molecule has 0 bridgehead atoms. The first-order valence-electron chi connectivity index (χ1n) is 5.55. The van der Waals surface area contributed by atoms with E-state index in [0.29, 0.717) is 6.61 Å². The maximum absolute atomic E-state index is 11.5. The molecule has 0 heterocycles. The monoisotopic (exact) mass is 240 g/mol. The Balaban J connectivity index is 2.88. The van der Waals surface area contributed by atoms with Crippen LogP contribution < -0.4 is 0 Å². The molecule has 16 heavy (non-hydrogen) atoms. The van der Waals surface area contributed by atoms with Gasteiger partial charge in [-0.15, -0.1) is 0 Å². The summed E-state index contributed by atoms with van der Waals surface area (Å²) in [6.07, 6.45) is 0.896. The first-order chi connectivity index (χ1) is 7.60. The number of carbonyl (C=O) groups is 1. The zero-order valence-electron chi connectivity index (χ0n) is 9.92. The van der Waals surface area contributed by atoms with Gasteiger partial charge >= 0.3 is 5.97 Å². The Labute approximate surface area is 102 Å². The van der Waals surface area contributed by atoms with E-state index in [0.717, 1.165) is 22.6 Å². The van der Waals surface area contributed by atoms with Gasteiger partial charge in [0.15, 0.2) is 0 Å². The Bertz CT molecular complexity index is 374. The summed E-state index contributed by atoms with van der Waals surface area (Å²) in [5.74, 6) is -0.467. The van der Waals surface area contributed by atoms with Gasteiger partial charge in [0.25, 0.3) is 0 Å². The second kappa shape index (κ2) is 5.90. The molecule has 0 saturated carbocycles. The molecule has 1 atom stereocenters. The van der Waals surface area contributed by atoms with Gasteiger partial charge in [0, 0.05) is 5.02 Å². The van der Waals surface area contributed by atoms with Crippen LogP contribution in [0, 0.1) is 0 Å². The number of carbonyl (C=O) groups excluding carboxylic acids is 1. The number of hydrogen-bond donors (Lipinski definition) is 0. The van der Waals surface area contributed by atoms with Gasteiger partial charge < -0.3 is 4.74 Å². The smallest absolute Gasteiger partial charge is 0.313 e. The number of aryl methyl sites for hydroxylation is 1. The molecule has 0 N–H and O–H groups in total. The lowest BCUT2D eigenvalue weighted by Crippen LogP contribution is -2.13. The second-order valence-corrected chi connectivity index (χ2v) is 4.09. The van der Waals surface area contributed by atoms with Crippen molar-refractivity contribution in [3.8, 4) is 0 Å². The predicted molar refractivity (Wildman–Crippen MR) is 65.9 cm³/mol.